The third-order valence-electron chi connectivity index (χ3n) is 4.94. The van der Waals surface area contributed by atoms with Crippen molar-refractivity contribution in [1.82, 2.24) is 4.31 Å². The number of hydrogen-bond acceptors (Lipinski definition) is 5. The fourth-order valence-electron chi connectivity index (χ4n) is 3.26. The maximum Gasteiger partial charge on any atom is 0.309 e. The highest BCUT2D eigenvalue weighted by molar-refractivity contribution is 7.89. The number of hydrogen-bond donors (Lipinski definition) is 0. The number of esters is 1. The van der Waals surface area contributed by atoms with Crippen LogP contribution in [-0.2, 0) is 26.2 Å². The highest BCUT2D eigenvalue weighted by Crippen LogP contribution is 2.25. The highest BCUT2D eigenvalue weighted by atomic mass is 32.2. The molecule has 1 heterocycles. The molecule has 1 aliphatic heterocycles. The van der Waals surface area contributed by atoms with Crippen LogP contribution in [0.2, 0.25) is 0 Å². The summed E-state index contributed by atoms with van der Waals surface area (Å²) in [5.74, 6) is -1.42. The van der Waals surface area contributed by atoms with E-state index in [0.29, 0.717) is 24.0 Å². The van der Waals surface area contributed by atoms with Gasteiger partial charge in [-0.25, -0.2) is 12.8 Å². The lowest BCUT2D eigenvalue weighted by Crippen LogP contribution is -2.40. The number of halogens is 1. The van der Waals surface area contributed by atoms with Gasteiger partial charge in [0.25, 0.3) is 0 Å². The SMILES string of the molecule is CC(=O)c1cccc(S(=O)(=O)N2CCC(C(=O)OCc3cccc(F)c3)CC2)c1. The second-order valence-electron chi connectivity index (χ2n) is 7.00. The average Bonchev–Trinajstić information content (AvgIpc) is 2.72. The minimum absolute atomic E-state index is 0.0209. The Morgan fingerprint density at radius 1 is 1.10 bits per heavy atom. The van der Waals surface area contributed by atoms with Gasteiger partial charge in [-0.3, -0.25) is 9.59 Å². The maximum absolute atomic E-state index is 13.2. The lowest BCUT2D eigenvalue weighted by Gasteiger charge is -2.30. The van der Waals surface area contributed by atoms with Crippen molar-refractivity contribution in [2.75, 3.05) is 13.1 Å². The van der Waals surface area contributed by atoms with E-state index in [-0.39, 0.29) is 30.4 Å². The van der Waals surface area contributed by atoms with E-state index in [1.165, 1.54) is 35.5 Å². The van der Waals surface area contributed by atoms with Gasteiger partial charge in [0, 0.05) is 18.7 Å². The minimum Gasteiger partial charge on any atom is -0.461 e. The van der Waals surface area contributed by atoms with Crippen molar-refractivity contribution in [3.8, 4) is 0 Å². The molecule has 6 nitrogen and oxygen atoms in total. The smallest absolute Gasteiger partial charge is 0.309 e. The lowest BCUT2D eigenvalue weighted by molar-refractivity contribution is -0.151. The molecule has 0 radical (unpaired) electrons. The second-order valence-corrected chi connectivity index (χ2v) is 8.94. The van der Waals surface area contributed by atoms with Gasteiger partial charge < -0.3 is 4.74 Å². The number of rotatable bonds is 6. The molecule has 0 unspecified atom stereocenters. The zero-order valence-electron chi connectivity index (χ0n) is 16.0. The molecule has 0 aliphatic carbocycles. The standard InChI is InChI=1S/C21H22FNO5S/c1-15(24)18-5-3-7-20(13-18)29(26,27)23-10-8-17(9-11-23)21(25)28-14-16-4-2-6-19(22)12-16/h2-7,12-13,17H,8-11,14H2,1H3. The molecule has 29 heavy (non-hydrogen) atoms. The predicted octanol–water partition coefficient (Wildman–Crippen LogP) is 3.17. The van der Waals surface area contributed by atoms with Crippen LogP contribution in [0.5, 0.6) is 0 Å². The first-order chi connectivity index (χ1) is 13.8. The molecular formula is C21H22FNO5S. The maximum atomic E-state index is 13.2. The summed E-state index contributed by atoms with van der Waals surface area (Å²) in [6.45, 7) is 1.73. The Morgan fingerprint density at radius 2 is 1.79 bits per heavy atom. The topological polar surface area (TPSA) is 80.8 Å². The van der Waals surface area contributed by atoms with Crippen molar-refractivity contribution in [2.45, 2.75) is 31.3 Å². The Balaban J connectivity index is 1.58. The zero-order valence-corrected chi connectivity index (χ0v) is 16.8. The number of nitrogens with zero attached hydrogens (tertiary/aromatic N) is 1. The molecule has 0 aromatic heterocycles. The summed E-state index contributed by atoms with van der Waals surface area (Å²) in [4.78, 5) is 23.9. The number of carbonyl (C=O) groups excluding carboxylic acids is 2. The largest absolute Gasteiger partial charge is 0.461 e. The Kier molecular flexibility index (Phi) is 6.44. The van der Waals surface area contributed by atoms with Crippen LogP contribution in [0.25, 0.3) is 0 Å². The molecule has 1 saturated heterocycles. The number of ketones is 1. The number of benzene rings is 2. The fraction of sp³-hybridized carbons (Fsp3) is 0.333. The number of carbonyl (C=O) groups is 2. The third-order valence-corrected chi connectivity index (χ3v) is 6.83. The van der Waals surface area contributed by atoms with Gasteiger partial charge in [-0.05, 0) is 49.6 Å². The Hall–Kier alpha value is -2.58. The molecule has 0 atom stereocenters. The van der Waals surface area contributed by atoms with Crippen LogP contribution >= 0.6 is 0 Å². The van der Waals surface area contributed by atoms with Crippen molar-refractivity contribution >= 4 is 21.8 Å². The third kappa shape index (κ3) is 5.07. The van der Waals surface area contributed by atoms with Gasteiger partial charge in [0.2, 0.25) is 10.0 Å². The monoisotopic (exact) mass is 419 g/mol. The fourth-order valence-corrected chi connectivity index (χ4v) is 4.77. The van der Waals surface area contributed by atoms with Crippen LogP contribution in [0.3, 0.4) is 0 Å². The molecule has 0 amide bonds. The first-order valence-electron chi connectivity index (χ1n) is 9.29. The van der Waals surface area contributed by atoms with Crippen LogP contribution in [0.15, 0.2) is 53.4 Å². The van der Waals surface area contributed by atoms with Crippen LogP contribution in [0.1, 0.15) is 35.7 Å². The molecule has 8 heteroatoms. The van der Waals surface area contributed by atoms with Gasteiger partial charge in [0.15, 0.2) is 5.78 Å². The summed E-state index contributed by atoms with van der Waals surface area (Å²) in [6.07, 6.45) is 0.682. The summed E-state index contributed by atoms with van der Waals surface area (Å²) in [7, 11) is -3.74. The molecular weight excluding hydrogens is 397 g/mol. The molecule has 0 spiro atoms. The summed E-state index contributed by atoms with van der Waals surface area (Å²) in [6, 6.07) is 11.8. The van der Waals surface area contributed by atoms with E-state index in [1.807, 2.05) is 0 Å². The first kappa shape index (κ1) is 21.1. The van der Waals surface area contributed by atoms with Gasteiger partial charge in [-0.2, -0.15) is 4.31 Å². The van der Waals surface area contributed by atoms with E-state index in [2.05, 4.69) is 0 Å². The van der Waals surface area contributed by atoms with E-state index in [4.69, 9.17) is 4.74 Å². The van der Waals surface area contributed by atoms with Gasteiger partial charge in [0.05, 0.1) is 10.8 Å². The molecule has 3 rings (SSSR count). The lowest BCUT2D eigenvalue weighted by atomic mass is 9.98. The van der Waals surface area contributed by atoms with E-state index >= 15 is 0 Å². The quantitative estimate of drug-likeness (QED) is 0.531. The van der Waals surface area contributed by atoms with Gasteiger partial charge in [-0.1, -0.05) is 24.3 Å². The van der Waals surface area contributed by atoms with Crippen LogP contribution in [0, 0.1) is 11.7 Å². The van der Waals surface area contributed by atoms with E-state index < -0.39 is 27.7 Å². The van der Waals surface area contributed by atoms with Gasteiger partial charge in [0.1, 0.15) is 12.4 Å². The Bertz CT molecular complexity index is 1010. The molecule has 0 saturated carbocycles. The molecule has 1 aliphatic rings. The summed E-state index contributed by atoms with van der Waals surface area (Å²) >= 11 is 0. The van der Waals surface area contributed by atoms with Gasteiger partial charge >= 0.3 is 5.97 Å². The number of sulfonamides is 1. The number of Topliss-reactive ketones (excluding diaryl/α,β-unsaturated/α-hetero) is 1. The van der Waals surface area contributed by atoms with Crippen LogP contribution < -0.4 is 0 Å². The van der Waals surface area contributed by atoms with Crippen LogP contribution in [-0.4, -0.2) is 37.6 Å². The van der Waals surface area contributed by atoms with E-state index in [1.54, 1.807) is 24.3 Å². The van der Waals surface area contributed by atoms with Crippen molar-refractivity contribution in [3.05, 3.63) is 65.5 Å². The van der Waals surface area contributed by atoms with Gasteiger partial charge in [-0.15, -0.1) is 0 Å². The first-order valence-corrected chi connectivity index (χ1v) is 10.7. The number of piperidine rings is 1. The van der Waals surface area contributed by atoms with Crippen molar-refractivity contribution < 1.29 is 27.1 Å². The number of ether oxygens (including phenoxy) is 1. The summed E-state index contributed by atoms with van der Waals surface area (Å²) in [5, 5.41) is 0. The Labute approximate surface area is 169 Å². The van der Waals surface area contributed by atoms with Crippen molar-refractivity contribution in [2.24, 2.45) is 5.92 Å². The molecule has 154 valence electrons. The normalized spacial score (nSPS) is 15.8. The summed E-state index contributed by atoms with van der Waals surface area (Å²) in [5.41, 5.74) is 0.894. The molecule has 1 fully saturated rings. The second kappa shape index (κ2) is 8.84. The zero-order chi connectivity index (χ0) is 21.0. The highest BCUT2D eigenvalue weighted by Gasteiger charge is 2.33. The Morgan fingerprint density at radius 3 is 2.45 bits per heavy atom. The molecule has 0 N–H and O–H groups in total. The molecule has 2 aromatic rings. The molecule has 2 aromatic carbocycles. The predicted molar refractivity (Wildman–Crippen MR) is 104 cm³/mol. The molecule has 0 bridgehead atoms. The van der Waals surface area contributed by atoms with E-state index in [0.717, 1.165) is 0 Å². The van der Waals surface area contributed by atoms with Crippen LogP contribution in [0.4, 0.5) is 4.39 Å². The van der Waals surface area contributed by atoms with Crippen molar-refractivity contribution in [1.29, 1.82) is 0 Å². The van der Waals surface area contributed by atoms with E-state index in [9.17, 15) is 22.4 Å². The summed E-state index contributed by atoms with van der Waals surface area (Å²) < 4.78 is 45.5. The minimum atomic E-state index is -3.74. The average molecular weight is 419 g/mol. The van der Waals surface area contributed by atoms with Crippen molar-refractivity contribution in [3.63, 3.8) is 0 Å².